The molecule has 2 aromatic rings. The highest BCUT2D eigenvalue weighted by molar-refractivity contribution is 7.10. The average Bonchev–Trinajstić information content (AvgIpc) is 2.84. The molecule has 0 radical (unpaired) electrons. The van der Waals surface area contributed by atoms with Crippen molar-refractivity contribution < 1.29 is 5.11 Å². The minimum Gasteiger partial charge on any atom is -0.385 e. The minimum absolute atomic E-state index is 0.207. The van der Waals surface area contributed by atoms with E-state index in [1.54, 1.807) is 0 Å². The van der Waals surface area contributed by atoms with E-state index in [-0.39, 0.29) is 6.54 Å². The fraction of sp³-hybridized carbons (Fsp3) is 0.357. The minimum atomic E-state index is -0.657. The summed E-state index contributed by atoms with van der Waals surface area (Å²) in [5.41, 5.74) is 11.3. The molecule has 1 heterocycles. The van der Waals surface area contributed by atoms with Crippen molar-refractivity contribution in [3.63, 3.8) is 0 Å². The Hall–Kier alpha value is -1.23. The quantitative estimate of drug-likeness (QED) is 0.894. The van der Waals surface area contributed by atoms with Gasteiger partial charge in [0.2, 0.25) is 0 Å². The van der Waals surface area contributed by atoms with Crippen molar-refractivity contribution in [2.75, 3.05) is 6.54 Å². The highest BCUT2D eigenvalue weighted by atomic mass is 32.1. The second-order valence-electron chi connectivity index (χ2n) is 4.50. The first-order valence-electron chi connectivity index (χ1n) is 5.95. The summed E-state index contributed by atoms with van der Waals surface area (Å²) in [6.07, 6.45) is -0.657. The largest absolute Gasteiger partial charge is 0.385 e. The Morgan fingerprint density at radius 1 is 1.28 bits per heavy atom. The first-order valence-corrected chi connectivity index (χ1v) is 6.83. The molecule has 0 fully saturated rings. The summed E-state index contributed by atoms with van der Waals surface area (Å²) in [4.78, 5) is 4.47. The van der Waals surface area contributed by atoms with Gasteiger partial charge in [0.25, 0.3) is 0 Å². The molecule has 3 N–H and O–H groups in total. The SMILES string of the molecule is Cc1ccc(-c2csc(C(O)CN)n2)c(C)c1C. The van der Waals surface area contributed by atoms with Crippen molar-refractivity contribution in [1.82, 2.24) is 4.98 Å². The van der Waals surface area contributed by atoms with E-state index in [0.717, 1.165) is 11.3 Å². The monoisotopic (exact) mass is 262 g/mol. The summed E-state index contributed by atoms with van der Waals surface area (Å²) in [6, 6.07) is 4.20. The third-order valence-electron chi connectivity index (χ3n) is 3.36. The second kappa shape index (κ2) is 5.18. The number of hydrogen-bond donors (Lipinski definition) is 2. The van der Waals surface area contributed by atoms with Crippen LogP contribution in [0.2, 0.25) is 0 Å². The molecule has 0 aliphatic heterocycles. The zero-order valence-corrected chi connectivity index (χ0v) is 11.7. The van der Waals surface area contributed by atoms with Gasteiger partial charge in [-0.15, -0.1) is 11.3 Å². The van der Waals surface area contributed by atoms with Crippen LogP contribution < -0.4 is 5.73 Å². The summed E-state index contributed by atoms with van der Waals surface area (Å²) in [5, 5.41) is 12.3. The van der Waals surface area contributed by atoms with Crippen LogP contribution in [0, 0.1) is 20.8 Å². The fourth-order valence-corrected chi connectivity index (χ4v) is 2.72. The molecule has 0 amide bonds. The number of thiazole rings is 1. The molecule has 0 aliphatic carbocycles. The lowest BCUT2D eigenvalue weighted by Gasteiger charge is -2.09. The average molecular weight is 262 g/mol. The number of nitrogens with zero attached hydrogens (tertiary/aromatic N) is 1. The predicted octanol–water partition coefficient (Wildman–Crippen LogP) is 2.73. The van der Waals surface area contributed by atoms with E-state index in [1.807, 2.05) is 5.38 Å². The van der Waals surface area contributed by atoms with Crippen LogP contribution in [0.25, 0.3) is 11.3 Å². The molecule has 3 nitrogen and oxygen atoms in total. The predicted molar refractivity (Wildman–Crippen MR) is 75.8 cm³/mol. The van der Waals surface area contributed by atoms with E-state index in [1.165, 1.54) is 28.0 Å². The number of aryl methyl sites for hydroxylation is 1. The number of rotatable bonds is 3. The molecule has 1 atom stereocenters. The van der Waals surface area contributed by atoms with Gasteiger partial charge in [0.05, 0.1) is 5.69 Å². The van der Waals surface area contributed by atoms with Crippen molar-refractivity contribution in [1.29, 1.82) is 0 Å². The Labute approximate surface area is 111 Å². The van der Waals surface area contributed by atoms with Crippen LogP contribution in [0.5, 0.6) is 0 Å². The molecule has 18 heavy (non-hydrogen) atoms. The maximum Gasteiger partial charge on any atom is 0.123 e. The zero-order chi connectivity index (χ0) is 13.3. The molecule has 2 rings (SSSR count). The molecule has 0 saturated heterocycles. The molecular weight excluding hydrogens is 244 g/mol. The van der Waals surface area contributed by atoms with E-state index < -0.39 is 6.10 Å². The second-order valence-corrected chi connectivity index (χ2v) is 5.39. The lowest BCUT2D eigenvalue weighted by Crippen LogP contribution is -2.11. The molecule has 1 unspecified atom stereocenters. The maximum absolute atomic E-state index is 9.68. The normalized spacial score (nSPS) is 12.7. The van der Waals surface area contributed by atoms with Gasteiger partial charge >= 0.3 is 0 Å². The molecule has 4 heteroatoms. The lowest BCUT2D eigenvalue weighted by molar-refractivity contribution is 0.186. The van der Waals surface area contributed by atoms with Crippen LogP contribution in [-0.4, -0.2) is 16.6 Å². The van der Waals surface area contributed by atoms with Gasteiger partial charge in [-0.25, -0.2) is 4.98 Å². The molecule has 1 aromatic carbocycles. The summed E-state index contributed by atoms with van der Waals surface area (Å²) < 4.78 is 0. The Balaban J connectivity index is 2.43. The zero-order valence-electron chi connectivity index (χ0n) is 10.9. The molecule has 0 saturated carbocycles. The highest BCUT2D eigenvalue weighted by Crippen LogP contribution is 2.29. The van der Waals surface area contributed by atoms with E-state index in [4.69, 9.17) is 5.73 Å². The van der Waals surface area contributed by atoms with Crippen LogP contribution in [-0.2, 0) is 0 Å². The van der Waals surface area contributed by atoms with Crippen LogP contribution in [0.3, 0.4) is 0 Å². The first kappa shape index (κ1) is 13.2. The summed E-state index contributed by atoms with van der Waals surface area (Å²) in [7, 11) is 0. The number of hydrogen-bond acceptors (Lipinski definition) is 4. The van der Waals surface area contributed by atoms with Crippen molar-refractivity contribution >= 4 is 11.3 Å². The summed E-state index contributed by atoms with van der Waals surface area (Å²) >= 11 is 1.45. The Kier molecular flexibility index (Phi) is 3.80. The Morgan fingerprint density at radius 3 is 2.67 bits per heavy atom. The number of aliphatic hydroxyl groups is 1. The Morgan fingerprint density at radius 2 is 2.00 bits per heavy atom. The third kappa shape index (κ3) is 2.32. The van der Waals surface area contributed by atoms with Crippen molar-refractivity contribution in [2.24, 2.45) is 5.73 Å². The first-order chi connectivity index (χ1) is 8.54. The van der Waals surface area contributed by atoms with E-state index in [9.17, 15) is 5.11 Å². The van der Waals surface area contributed by atoms with Crippen molar-refractivity contribution in [3.05, 3.63) is 39.2 Å². The molecule has 0 aliphatic rings. The van der Waals surface area contributed by atoms with Gasteiger partial charge in [-0.3, -0.25) is 0 Å². The van der Waals surface area contributed by atoms with E-state index >= 15 is 0 Å². The molecule has 0 bridgehead atoms. The number of aliphatic hydroxyl groups excluding tert-OH is 1. The lowest BCUT2D eigenvalue weighted by atomic mass is 9.97. The smallest absolute Gasteiger partial charge is 0.123 e. The van der Waals surface area contributed by atoms with Crippen LogP contribution in [0.15, 0.2) is 17.5 Å². The molecule has 96 valence electrons. The third-order valence-corrected chi connectivity index (χ3v) is 4.31. The van der Waals surface area contributed by atoms with E-state index in [2.05, 4.69) is 37.9 Å². The highest BCUT2D eigenvalue weighted by Gasteiger charge is 2.13. The number of nitrogens with two attached hydrogens (primary N) is 1. The maximum atomic E-state index is 9.68. The fourth-order valence-electron chi connectivity index (χ4n) is 1.90. The van der Waals surface area contributed by atoms with Gasteiger partial charge in [0, 0.05) is 17.5 Å². The van der Waals surface area contributed by atoms with Gasteiger partial charge in [0.15, 0.2) is 0 Å². The summed E-state index contributed by atoms with van der Waals surface area (Å²) in [6.45, 7) is 6.54. The topological polar surface area (TPSA) is 59.1 Å². The molecule has 1 aromatic heterocycles. The van der Waals surface area contributed by atoms with Gasteiger partial charge in [0.1, 0.15) is 11.1 Å². The van der Waals surface area contributed by atoms with Gasteiger partial charge in [-0.1, -0.05) is 12.1 Å². The van der Waals surface area contributed by atoms with Crippen molar-refractivity contribution in [2.45, 2.75) is 26.9 Å². The Bertz CT molecular complexity index is 563. The number of aromatic nitrogens is 1. The number of benzene rings is 1. The summed E-state index contributed by atoms with van der Waals surface area (Å²) in [5.74, 6) is 0. The standard InChI is InChI=1S/C14H18N2OS/c1-8-4-5-11(10(3)9(8)2)12-7-18-14(16-12)13(17)6-15/h4-5,7,13,17H,6,15H2,1-3H3. The van der Waals surface area contributed by atoms with Gasteiger partial charge in [-0.05, 0) is 37.5 Å². The van der Waals surface area contributed by atoms with Crippen LogP contribution in [0.1, 0.15) is 27.8 Å². The van der Waals surface area contributed by atoms with Gasteiger partial charge < -0.3 is 10.8 Å². The van der Waals surface area contributed by atoms with Crippen LogP contribution >= 0.6 is 11.3 Å². The van der Waals surface area contributed by atoms with Gasteiger partial charge in [-0.2, -0.15) is 0 Å². The van der Waals surface area contributed by atoms with E-state index in [0.29, 0.717) is 5.01 Å². The van der Waals surface area contributed by atoms with Crippen molar-refractivity contribution in [3.8, 4) is 11.3 Å². The molecule has 0 spiro atoms. The van der Waals surface area contributed by atoms with Crippen LogP contribution in [0.4, 0.5) is 0 Å². The molecular formula is C14H18N2OS.